The molecule has 0 amide bonds. The third kappa shape index (κ3) is 3.36. The van der Waals surface area contributed by atoms with Crippen molar-refractivity contribution in [2.24, 2.45) is 0 Å². The zero-order valence-electron chi connectivity index (χ0n) is 12.4. The second-order valence-electron chi connectivity index (χ2n) is 4.74. The van der Waals surface area contributed by atoms with Crippen LogP contribution in [0.15, 0.2) is 12.1 Å². The van der Waals surface area contributed by atoms with E-state index in [1.807, 2.05) is 19.0 Å². The van der Waals surface area contributed by atoms with Crippen molar-refractivity contribution < 1.29 is 0 Å². The summed E-state index contributed by atoms with van der Waals surface area (Å²) < 4.78 is 0. The molecular formula is C13H20N6S. The Morgan fingerprint density at radius 3 is 2.40 bits per heavy atom. The molecule has 0 aliphatic carbocycles. The molecule has 2 rings (SSSR count). The van der Waals surface area contributed by atoms with Crippen molar-refractivity contribution >= 4 is 29.2 Å². The minimum absolute atomic E-state index is 0.163. The number of thiophene rings is 1. The fraction of sp³-hybridized carbons (Fsp3) is 0.462. The van der Waals surface area contributed by atoms with E-state index in [9.17, 15) is 0 Å². The van der Waals surface area contributed by atoms with Crippen molar-refractivity contribution in [1.29, 1.82) is 0 Å². The van der Waals surface area contributed by atoms with E-state index in [2.05, 4.69) is 51.6 Å². The van der Waals surface area contributed by atoms with E-state index >= 15 is 0 Å². The van der Waals surface area contributed by atoms with Gasteiger partial charge in [0.05, 0.1) is 6.04 Å². The highest BCUT2D eigenvalue weighted by Crippen LogP contribution is 2.25. The average molecular weight is 292 g/mol. The minimum atomic E-state index is 0.163. The van der Waals surface area contributed by atoms with Crippen molar-refractivity contribution in [3.8, 4) is 0 Å². The molecule has 0 aromatic carbocycles. The highest BCUT2D eigenvalue weighted by Gasteiger charge is 2.12. The predicted octanol–water partition coefficient (Wildman–Crippen LogP) is 2.52. The number of rotatable bonds is 5. The summed E-state index contributed by atoms with van der Waals surface area (Å²) in [4.78, 5) is 17.5. The zero-order valence-corrected chi connectivity index (χ0v) is 13.2. The van der Waals surface area contributed by atoms with Crippen LogP contribution in [0.4, 0.5) is 17.8 Å². The molecule has 0 bridgehead atoms. The second kappa shape index (κ2) is 6.04. The molecule has 108 valence electrons. The van der Waals surface area contributed by atoms with E-state index < -0.39 is 0 Å². The fourth-order valence-electron chi connectivity index (χ4n) is 1.69. The van der Waals surface area contributed by atoms with Crippen LogP contribution in [0.25, 0.3) is 0 Å². The molecular weight excluding hydrogens is 272 g/mol. The molecule has 20 heavy (non-hydrogen) atoms. The Balaban J connectivity index is 2.21. The van der Waals surface area contributed by atoms with Crippen molar-refractivity contribution in [3.63, 3.8) is 0 Å². The number of hydrogen-bond donors (Lipinski definition) is 2. The van der Waals surface area contributed by atoms with Crippen LogP contribution in [0.2, 0.25) is 0 Å². The fourth-order valence-corrected chi connectivity index (χ4v) is 2.57. The molecule has 0 saturated carbocycles. The Labute approximate surface area is 123 Å². The normalized spacial score (nSPS) is 12.1. The SMILES string of the molecule is CNc1nc(NC(C)c2ccc(C)s2)nc(N(C)C)n1. The maximum Gasteiger partial charge on any atom is 0.231 e. The van der Waals surface area contributed by atoms with Gasteiger partial charge in [-0.3, -0.25) is 0 Å². The summed E-state index contributed by atoms with van der Waals surface area (Å²) >= 11 is 1.78. The summed E-state index contributed by atoms with van der Waals surface area (Å²) in [7, 11) is 5.61. The Bertz CT molecular complexity index is 580. The molecule has 2 aromatic heterocycles. The first-order valence-electron chi connectivity index (χ1n) is 6.43. The molecule has 2 N–H and O–H groups in total. The van der Waals surface area contributed by atoms with Gasteiger partial charge in [0, 0.05) is 30.9 Å². The quantitative estimate of drug-likeness (QED) is 0.883. The molecule has 1 atom stereocenters. The monoisotopic (exact) mass is 292 g/mol. The van der Waals surface area contributed by atoms with Crippen molar-refractivity contribution in [3.05, 3.63) is 21.9 Å². The van der Waals surface area contributed by atoms with Gasteiger partial charge in [0.1, 0.15) is 0 Å². The molecule has 7 heteroatoms. The third-order valence-electron chi connectivity index (χ3n) is 2.78. The van der Waals surface area contributed by atoms with Gasteiger partial charge in [-0.25, -0.2) is 0 Å². The lowest BCUT2D eigenvalue weighted by Crippen LogP contribution is -2.17. The van der Waals surface area contributed by atoms with Crippen LogP contribution in [0, 0.1) is 6.92 Å². The standard InChI is InChI=1S/C13H20N6S/c1-8-6-7-10(20-8)9(2)15-12-16-11(14-3)17-13(18-12)19(4)5/h6-7,9H,1-5H3,(H2,14,15,16,17,18). The van der Waals surface area contributed by atoms with Gasteiger partial charge >= 0.3 is 0 Å². The van der Waals surface area contributed by atoms with Crippen LogP contribution in [-0.2, 0) is 0 Å². The minimum Gasteiger partial charge on any atom is -0.357 e. The van der Waals surface area contributed by atoms with Crippen LogP contribution in [-0.4, -0.2) is 36.1 Å². The highest BCUT2D eigenvalue weighted by atomic mass is 32.1. The largest absolute Gasteiger partial charge is 0.357 e. The first-order chi connectivity index (χ1) is 9.49. The van der Waals surface area contributed by atoms with E-state index in [1.54, 1.807) is 18.4 Å². The van der Waals surface area contributed by atoms with Crippen LogP contribution in [0.5, 0.6) is 0 Å². The smallest absolute Gasteiger partial charge is 0.231 e. The lowest BCUT2D eigenvalue weighted by atomic mass is 10.3. The average Bonchev–Trinajstić information content (AvgIpc) is 2.85. The van der Waals surface area contributed by atoms with E-state index in [1.165, 1.54) is 9.75 Å². The third-order valence-corrected chi connectivity index (χ3v) is 3.96. The Kier molecular flexibility index (Phi) is 4.39. The van der Waals surface area contributed by atoms with Gasteiger partial charge in [0.2, 0.25) is 17.8 Å². The lowest BCUT2D eigenvalue weighted by molar-refractivity contribution is 0.864. The molecule has 6 nitrogen and oxygen atoms in total. The highest BCUT2D eigenvalue weighted by molar-refractivity contribution is 7.12. The maximum atomic E-state index is 4.41. The number of anilines is 3. The molecule has 2 aromatic rings. The molecule has 0 radical (unpaired) electrons. The molecule has 0 aliphatic rings. The van der Waals surface area contributed by atoms with E-state index in [0.29, 0.717) is 17.8 Å². The summed E-state index contributed by atoms with van der Waals surface area (Å²) in [5.41, 5.74) is 0. The molecule has 0 spiro atoms. The van der Waals surface area contributed by atoms with E-state index in [4.69, 9.17) is 0 Å². The van der Waals surface area contributed by atoms with Gasteiger partial charge in [-0.1, -0.05) is 0 Å². The second-order valence-corrected chi connectivity index (χ2v) is 6.06. The van der Waals surface area contributed by atoms with Crippen LogP contribution in [0.1, 0.15) is 22.7 Å². The van der Waals surface area contributed by atoms with E-state index in [-0.39, 0.29) is 6.04 Å². The predicted molar refractivity (Wildman–Crippen MR) is 84.8 cm³/mol. The molecule has 1 unspecified atom stereocenters. The van der Waals surface area contributed by atoms with Crippen molar-refractivity contribution in [2.45, 2.75) is 19.9 Å². The number of aryl methyl sites for hydroxylation is 1. The van der Waals surface area contributed by atoms with Gasteiger partial charge in [-0.15, -0.1) is 11.3 Å². The molecule has 2 heterocycles. The Morgan fingerprint density at radius 2 is 1.85 bits per heavy atom. The zero-order chi connectivity index (χ0) is 14.7. The van der Waals surface area contributed by atoms with Crippen LogP contribution >= 0.6 is 11.3 Å². The summed E-state index contributed by atoms with van der Waals surface area (Å²) in [6.07, 6.45) is 0. The van der Waals surface area contributed by atoms with Crippen molar-refractivity contribution in [1.82, 2.24) is 15.0 Å². The van der Waals surface area contributed by atoms with Crippen molar-refractivity contribution in [2.75, 3.05) is 36.7 Å². The summed E-state index contributed by atoms with van der Waals surface area (Å²) in [5, 5.41) is 6.28. The van der Waals surface area contributed by atoms with Crippen LogP contribution < -0.4 is 15.5 Å². The number of hydrogen-bond acceptors (Lipinski definition) is 7. The number of nitrogens with zero attached hydrogens (tertiary/aromatic N) is 4. The summed E-state index contributed by atoms with van der Waals surface area (Å²) in [6, 6.07) is 4.41. The van der Waals surface area contributed by atoms with Gasteiger partial charge in [0.25, 0.3) is 0 Å². The van der Waals surface area contributed by atoms with Gasteiger partial charge in [0.15, 0.2) is 0 Å². The number of aromatic nitrogens is 3. The number of nitrogens with one attached hydrogen (secondary N) is 2. The Hall–Kier alpha value is -1.89. The Morgan fingerprint density at radius 1 is 1.15 bits per heavy atom. The summed E-state index contributed by atoms with van der Waals surface area (Å²) in [5.74, 6) is 1.76. The first-order valence-corrected chi connectivity index (χ1v) is 7.25. The maximum absolute atomic E-state index is 4.41. The lowest BCUT2D eigenvalue weighted by Gasteiger charge is -2.16. The topological polar surface area (TPSA) is 66.0 Å². The van der Waals surface area contributed by atoms with Gasteiger partial charge in [-0.2, -0.15) is 15.0 Å². The van der Waals surface area contributed by atoms with Gasteiger partial charge < -0.3 is 15.5 Å². The molecule has 0 fully saturated rings. The molecule has 0 saturated heterocycles. The van der Waals surface area contributed by atoms with E-state index in [0.717, 1.165) is 0 Å². The van der Waals surface area contributed by atoms with Crippen LogP contribution in [0.3, 0.4) is 0 Å². The molecule has 0 aliphatic heterocycles. The first kappa shape index (κ1) is 14.5. The van der Waals surface area contributed by atoms with Gasteiger partial charge in [-0.05, 0) is 26.0 Å². The summed E-state index contributed by atoms with van der Waals surface area (Å²) in [6.45, 7) is 4.20.